The van der Waals surface area contributed by atoms with Gasteiger partial charge in [0.15, 0.2) is 5.75 Å². The Labute approximate surface area is 163 Å². The lowest BCUT2D eigenvalue weighted by Gasteiger charge is -2.13. The molecular weight excluding hydrogens is 352 g/mol. The van der Waals surface area contributed by atoms with Gasteiger partial charge in [-0.2, -0.15) is 4.98 Å². The van der Waals surface area contributed by atoms with Crippen molar-refractivity contribution in [3.63, 3.8) is 0 Å². The van der Waals surface area contributed by atoms with Crippen molar-refractivity contribution in [3.8, 4) is 11.5 Å². The fraction of sp³-hybridized carbons (Fsp3) is 0.0909. The van der Waals surface area contributed by atoms with Crippen LogP contribution in [0.25, 0.3) is 0 Å². The van der Waals surface area contributed by atoms with E-state index in [2.05, 4.69) is 20.6 Å². The molecule has 28 heavy (non-hydrogen) atoms. The van der Waals surface area contributed by atoms with Crippen LogP contribution in [0.5, 0.6) is 11.5 Å². The molecule has 0 spiro atoms. The molecule has 0 aliphatic rings. The Morgan fingerprint density at radius 3 is 2.57 bits per heavy atom. The van der Waals surface area contributed by atoms with Crippen molar-refractivity contribution in [2.24, 2.45) is 0 Å². The second kappa shape index (κ2) is 8.26. The van der Waals surface area contributed by atoms with E-state index in [1.165, 1.54) is 0 Å². The minimum absolute atomic E-state index is 0.492. The van der Waals surface area contributed by atoms with E-state index in [9.17, 15) is 0 Å². The molecule has 0 saturated carbocycles. The fourth-order valence-corrected chi connectivity index (χ4v) is 2.70. The Morgan fingerprint density at radius 1 is 0.929 bits per heavy atom. The van der Waals surface area contributed by atoms with Gasteiger partial charge in [0.1, 0.15) is 17.3 Å². The number of ether oxygens (including phenoxy) is 1. The number of nitrogens with one attached hydrogen (secondary N) is 2. The van der Waals surface area contributed by atoms with Crippen molar-refractivity contribution in [2.45, 2.75) is 13.5 Å². The second-order valence-electron chi connectivity index (χ2n) is 6.19. The summed E-state index contributed by atoms with van der Waals surface area (Å²) in [4.78, 5) is 9.03. The normalized spacial score (nSPS) is 10.5. The maximum absolute atomic E-state index is 5.99. The summed E-state index contributed by atoms with van der Waals surface area (Å²) in [6.07, 6.45) is 1.65. The quantitative estimate of drug-likeness (QED) is 0.445. The van der Waals surface area contributed by atoms with Gasteiger partial charge in [0.2, 0.25) is 5.95 Å². The zero-order valence-corrected chi connectivity index (χ0v) is 15.4. The van der Waals surface area contributed by atoms with Crippen LogP contribution in [0.3, 0.4) is 0 Å². The first kappa shape index (κ1) is 17.6. The Morgan fingerprint density at radius 2 is 1.75 bits per heavy atom. The van der Waals surface area contributed by atoms with Gasteiger partial charge in [-0.15, -0.1) is 0 Å². The molecule has 2 aromatic heterocycles. The summed E-state index contributed by atoms with van der Waals surface area (Å²) in [6, 6.07) is 23.0. The molecule has 0 atom stereocenters. The Kier molecular flexibility index (Phi) is 5.20. The second-order valence-corrected chi connectivity index (χ2v) is 6.19. The molecule has 2 heterocycles. The van der Waals surface area contributed by atoms with Gasteiger partial charge in [-0.05, 0) is 43.3 Å². The first-order valence-corrected chi connectivity index (χ1v) is 8.97. The van der Waals surface area contributed by atoms with Crippen LogP contribution < -0.4 is 15.4 Å². The maximum atomic E-state index is 5.99. The highest BCUT2D eigenvalue weighted by atomic mass is 16.5. The number of rotatable bonds is 7. The van der Waals surface area contributed by atoms with Crippen molar-refractivity contribution in [1.29, 1.82) is 0 Å². The van der Waals surface area contributed by atoms with E-state index in [0.29, 0.717) is 24.1 Å². The molecule has 0 aliphatic heterocycles. The van der Waals surface area contributed by atoms with Crippen LogP contribution in [-0.4, -0.2) is 9.97 Å². The first-order chi connectivity index (χ1) is 13.8. The summed E-state index contributed by atoms with van der Waals surface area (Å²) in [5, 5.41) is 6.51. The summed E-state index contributed by atoms with van der Waals surface area (Å²) in [5.41, 5.74) is 1.63. The van der Waals surface area contributed by atoms with E-state index in [0.717, 1.165) is 22.9 Å². The van der Waals surface area contributed by atoms with Gasteiger partial charge >= 0.3 is 0 Å². The molecule has 0 saturated heterocycles. The third-order valence-corrected chi connectivity index (χ3v) is 3.98. The molecule has 0 unspecified atom stereocenters. The molecule has 6 nitrogen and oxygen atoms in total. The number of para-hydroxylation sites is 3. The largest absolute Gasteiger partial charge is 0.467 e. The molecule has 4 aromatic rings. The van der Waals surface area contributed by atoms with E-state index in [1.807, 2.05) is 79.7 Å². The monoisotopic (exact) mass is 372 g/mol. The predicted octanol–water partition coefficient (Wildman–Crippen LogP) is 5.53. The van der Waals surface area contributed by atoms with E-state index < -0.39 is 0 Å². The van der Waals surface area contributed by atoms with Crippen LogP contribution in [0.4, 0.5) is 17.5 Å². The molecule has 0 fully saturated rings. The molecule has 0 aliphatic carbocycles. The number of anilines is 3. The highest BCUT2D eigenvalue weighted by Crippen LogP contribution is 2.30. The topological polar surface area (TPSA) is 72.2 Å². The number of nitrogens with zero attached hydrogens (tertiary/aromatic N) is 2. The molecule has 4 rings (SSSR count). The molecule has 0 radical (unpaired) electrons. The molecule has 6 heteroatoms. The Balaban J connectivity index is 1.52. The van der Waals surface area contributed by atoms with Crippen LogP contribution >= 0.6 is 0 Å². The zero-order valence-electron chi connectivity index (χ0n) is 15.4. The van der Waals surface area contributed by atoms with Gasteiger partial charge in [0.25, 0.3) is 0 Å². The van der Waals surface area contributed by atoms with Crippen molar-refractivity contribution < 1.29 is 9.15 Å². The van der Waals surface area contributed by atoms with E-state index in [4.69, 9.17) is 9.15 Å². The molecule has 140 valence electrons. The van der Waals surface area contributed by atoms with Gasteiger partial charge in [0.05, 0.1) is 18.5 Å². The smallest absolute Gasteiger partial charge is 0.229 e. The number of benzene rings is 2. The van der Waals surface area contributed by atoms with Crippen LogP contribution in [0.2, 0.25) is 0 Å². The average molecular weight is 372 g/mol. The number of aromatic nitrogens is 2. The molecular formula is C22H20N4O2. The summed E-state index contributed by atoms with van der Waals surface area (Å²) in [5.74, 6) is 3.51. The van der Waals surface area contributed by atoms with Gasteiger partial charge in [-0.3, -0.25) is 0 Å². The number of hydrogen-bond donors (Lipinski definition) is 2. The van der Waals surface area contributed by atoms with Gasteiger partial charge in [-0.1, -0.05) is 30.3 Å². The average Bonchev–Trinajstić information content (AvgIpc) is 3.22. The van der Waals surface area contributed by atoms with E-state index in [1.54, 1.807) is 6.26 Å². The third kappa shape index (κ3) is 4.48. The lowest BCUT2D eigenvalue weighted by atomic mass is 10.3. The number of aryl methyl sites for hydroxylation is 1. The van der Waals surface area contributed by atoms with E-state index >= 15 is 0 Å². The third-order valence-electron chi connectivity index (χ3n) is 3.98. The maximum Gasteiger partial charge on any atom is 0.229 e. The van der Waals surface area contributed by atoms with E-state index in [-0.39, 0.29) is 0 Å². The standard InChI is InChI=1S/C22H20N4O2/c1-16-14-21(23-15-18-10-7-13-27-18)26-22(24-16)25-19-11-5-6-12-20(19)28-17-8-3-2-4-9-17/h2-14H,15H2,1H3,(H2,23,24,25,26). The molecule has 0 bridgehead atoms. The van der Waals surface area contributed by atoms with Crippen molar-refractivity contribution in [1.82, 2.24) is 9.97 Å². The van der Waals surface area contributed by atoms with Crippen LogP contribution in [0.15, 0.2) is 83.5 Å². The highest BCUT2D eigenvalue weighted by Gasteiger charge is 2.08. The zero-order chi connectivity index (χ0) is 19.2. The van der Waals surface area contributed by atoms with Crippen molar-refractivity contribution >= 4 is 17.5 Å². The molecule has 0 amide bonds. The van der Waals surface area contributed by atoms with Crippen molar-refractivity contribution in [3.05, 3.63) is 90.5 Å². The fourth-order valence-electron chi connectivity index (χ4n) is 2.70. The Bertz CT molecular complexity index is 1030. The van der Waals surface area contributed by atoms with Gasteiger partial charge in [0, 0.05) is 11.8 Å². The van der Waals surface area contributed by atoms with Crippen LogP contribution in [0, 0.1) is 6.92 Å². The summed E-state index contributed by atoms with van der Waals surface area (Å²) in [6.45, 7) is 2.48. The number of furan rings is 1. The summed E-state index contributed by atoms with van der Waals surface area (Å²) < 4.78 is 11.3. The lowest BCUT2D eigenvalue weighted by Crippen LogP contribution is -2.05. The SMILES string of the molecule is Cc1cc(NCc2ccco2)nc(Nc2ccccc2Oc2ccccc2)n1. The van der Waals surface area contributed by atoms with Crippen LogP contribution in [0.1, 0.15) is 11.5 Å². The van der Waals surface area contributed by atoms with Gasteiger partial charge in [-0.25, -0.2) is 4.98 Å². The van der Waals surface area contributed by atoms with Gasteiger partial charge < -0.3 is 19.8 Å². The lowest BCUT2D eigenvalue weighted by molar-refractivity contribution is 0.485. The van der Waals surface area contributed by atoms with Crippen LogP contribution in [-0.2, 0) is 6.54 Å². The minimum Gasteiger partial charge on any atom is -0.467 e. The van der Waals surface area contributed by atoms with Crippen molar-refractivity contribution in [2.75, 3.05) is 10.6 Å². The highest BCUT2D eigenvalue weighted by molar-refractivity contribution is 5.64. The predicted molar refractivity (Wildman–Crippen MR) is 109 cm³/mol. The first-order valence-electron chi connectivity index (χ1n) is 8.97. The Hall–Kier alpha value is -3.80. The molecule has 2 N–H and O–H groups in total. The summed E-state index contributed by atoms with van der Waals surface area (Å²) in [7, 11) is 0. The number of hydrogen-bond acceptors (Lipinski definition) is 6. The minimum atomic E-state index is 0.492. The summed E-state index contributed by atoms with van der Waals surface area (Å²) >= 11 is 0. The molecule has 2 aromatic carbocycles.